The van der Waals surface area contributed by atoms with E-state index in [0.717, 1.165) is 16.8 Å². The SMILES string of the molecule is CC(C)C(=O)Nc1n[nH]c2c1CN(C(=O)NCc1ccccc1)C2. The highest BCUT2D eigenvalue weighted by molar-refractivity contribution is 5.92. The summed E-state index contributed by atoms with van der Waals surface area (Å²) < 4.78 is 0. The number of carbonyl (C=O) groups is 2. The summed E-state index contributed by atoms with van der Waals surface area (Å²) in [5, 5.41) is 12.7. The van der Waals surface area contributed by atoms with Crippen LogP contribution >= 0.6 is 0 Å². The summed E-state index contributed by atoms with van der Waals surface area (Å²) in [5.41, 5.74) is 2.79. The van der Waals surface area contributed by atoms with Crippen molar-refractivity contribution in [2.75, 3.05) is 5.32 Å². The molecule has 0 fully saturated rings. The normalized spacial score (nSPS) is 13.0. The van der Waals surface area contributed by atoms with Gasteiger partial charge in [0.15, 0.2) is 5.82 Å². The number of fused-ring (bicyclic) bond motifs is 1. The number of urea groups is 1. The zero-order valence-corrected chi connectivity index (χ0v) is 13.8. The van der Waals surface area contributed by atoms with E-state index in [1.165, 1.54) is 0 Å². The number of rotatable bonds is 4. The smallest absolute Gasteiger partial charge is 0.318 e. The summed E-state index contributed by atoms with van der Waals surface area (Å²) >= 11 is 0. The van der Waals surface area contributed by atoms with E-state index in [1.807, 2.05) is 44.2 Å². The minimum absolute atomic E-state index is 0.0868. The Balaban J connectivity index is 1.59. The van der Waals surface area contributed by atoms with Crippen LogP contribution in [-0.2, 0) is 24.4 Å². The topological polar surface area (TPSA) is 90.1 Å². The number of benzene rings is 1. The molecule has 7 nitrogen and oxygen atoms in total. The van der Waals surface area contributed by atoms with E-state index >= 15 is 0 Å². The van der Waals surface area contributed by atoms with E-state index in [0.29, 0.717) is 25.5 Å². The van der Waals surface area contributed by atoms with Gasteiger partial charge in [0.25, 0.3) is 0 Å². The third kappa shape index (κ3) is 3.40. The molecule has 0 unspecified atom stereocenters. The minimum Gasteiger partial charge on any atom is -0.334 e. The first kappa shape index (κ1) is 16.0. The standard InChI is InChI=1S/C17H21N5O2/c1-11(2)16(23)19-15-13-9-22(10-14(13)20-21-15)17(24)18-8-12-6-4-3-5-7-12/h3-7,11H,8-10H2,1-2H3,(H,18,24)(H2,19,20,21,23). The van der Waals surface area contributed by atoms with E-state index < -0.39 is 0 Å². The lowest BCUT2D eigenvalue weighted by Crippen LogP contribution is -2.36. The zero-order valence-electron chi connectivity index (χ0n) is 13.8. The number of hydrogen-bond acceptors (Lipinski definition) is 3. The second-order valence-corrected chi connectivity index (χ2v) is 6.17. The molecule has 0 bridgehead atoms. The Bertz CT molecular complexity index is 739. The molecule has 1 aromatic heterocycles. The number of H-pyrrole nitrogens is 1. The maximum atomic E-state index is 12.3. The van der Waals surface area contributed by atoms with Gasteiger partial charge in [-0.15, -0.1) is 0 Å². The van der Waals surface area contributed by atoms with Crippen molar-refractivity contribution in [2.24, 2.45) is 5.92 Å². The fourth-order valence-corrected chi connectivity index (χ4v) is 2.53. The molecule has 126 valence electrons. The molecule has 0 atom stereocenters. The highest BCUT2D eigenvalue weighted by Gasteiger charge is 2.28. The van der Waals surface area contributed by atoms with Crippen molar-refractivity contribution in [1.29, 1.82) is 0 Å². The molecule has 1 aliphatic rings. The predicted octanol–water partition coefficient (Wildman–Crippen LogP) is 2.23. The van der Waals surface area contributed by atoms with E-state index in [4.69, 9.17) is 0 Å². The van der Waals surface area contributed by atoms with Crippen molar-refractivity contribution in [3.8, 4) is 0 Å². The molecule has 0 spiro atoms. The van der Waals surface area contributed by atoms with Gasteiger partial charge in [-0.3, -0.25) is 9.89 Å². The van der Waals surface area contributed by atoms with E-state index in [1.54, 1.807) is 4.90 Å². The van der Waals surface area contributed by atoms with Crippen LogP contribution in [0.5, 0.6) is 0 Å². The van der Waals surface area contributed by atoms with Crippen LogP contribution in [0.3, 0.4) is 0 Å². The Kier molecular flexibility index (Phi) is 4.50. The molecule has 0 radical (unpaired) electrons. The number of carbonyl (C=O) groups excluding carboxylic acids is 2. The lowest BCUT2D eigenvalue weighted by Gasteiger charge is -2.17. The monoisotopic (exact) mass is 327 g/mol. The number of anilines is 1. The van der Waals surface area contributed by atoms with Gasteiger partial charge in [-0.2, -0.15) is 5.10 Å². The first-order valence-corrected chi connectivity index (χ1v) is 7.98. The molecule has 0 saturated carbocycles. The van der Waals surface area contributed by atoms with Gasteiger partial charge in [-0.05, 0) is 5.56 Å². The van der Waals surface area contributed by atoms with Crippen LogP contribution in [0.1, 0.15) is 30.7 Å². The van der Waals surface area contributed by atoms with Gasteiger partial charge < -0.3 is 15.5 Å². The van der Waals surface area contributed by atoms with Crippen molar-refractivity contribution in [3.05, 3.63) is 47.2 Å². The van der Waals surface area contributed by atoms with E-state index in [9.17, 15) is 9.59 Å². The lowest BCUT2D eigenvalue weighted by molar-refractivity contribution is -0.118. The third-order valence-corrected chi connectivity index (χ3v) is 3.99. The highest BCUT2D eigenvalue weighted by Crippen LogP contribution is 2.27. The van der Waals surface area contributed by atoms with E-state index in [-0.39, 0.29) is 17.9 Å². The molecule has 1 aliphatic heterocycles. The molecular formula is C17H21N5O2. The average Bonchev–Trinajstić information content (AvgIpc) is 3.15. The quantitative estimate of drug-likeness (QED) is 0.804. The van der Waals surface area contributed by atoms with Gasteiger partial charge in [0.1, 0.15) is 0 Å². The van der Waals surface area contributed by atoms with Crippen LogP contribution in [0, 0.1) is 5.92 Å². The van der Waals surface area contributed by atoms with Crippen molar-refractivity contribution < 1.29 is 9.59 Å². The molecule has 3 amide bonds. The number of nitrogens with one attached hydrogen (secondary N) is 3. The lowest BCUT2D eigenvalue weighted by atomic mass is 10.2. The number of hydrogen-bond donors (Lipinski definition) is 3. The summed E-state index contributed by atoms with van der Waals surface area (Å²) in [6.45, 7) is 5.02. The van der Waals surface area contributed by atoms with E-state index in [2.05, 4.69) is 20.8 Å². The molecule has 7 heteroatoms. The van der Waals surface area contributed by atoms with Crippen LogP contribution in [0.25, 0.3) is 0 Å². The first-order chi connectivity index (χ1) is 11.5. The van der Waals surface area contributed by atoms with Gasteiger partial charge in [-0.25, -0.2) is 4.79 Å². The number of aromatic amines is 1. The molecule has 0 saturated heterocycles. The minimum atomic E-state index is -0.135. The van der Waals surface area contributed by atoms with Gasteiger partial charge in [0.2, 0.25) is 5.91 Å². The largest absolute Gasteiger partial charge is 0.334 e. The summed E-state index contributed by atoms with van der Waals surface area (Å²) in [6.07, 6.45) is 0. The predicted molar refractivity (Wildman–Crippen MR) is 90.0 cm³/mol. The van der Waals surface area contributed by atoms with Crippen molar-refractivity contribution >= 4 is 17.8 Å². The molecule has 2 aromatic rings. The summed E-state index contributed by atoms with van der Waals surface area (Å²) in [6, 6.07) is 9.63. The van der Waals surface area contributed by atoms with Crippen LogP contribution < -0.4 is 10.6 Å². The average molecular weight is 327 g/mol. The number of aromatic nitrogens is 2. The van der Waals surface area contributed by atoms with Gasteiger partial charge in [0, 0.05) is 18.0 Å². The summed E-state index contributed by atoms with van der Waals surface area (Å²) in [5.74, 6) is 0.308. The molecule has 2 heterocycles. The maximum absolute atomic E-state index is 12.3. The molecular weight excluding hydrogens is 306 g/mol. The molecule has 24 heavy (non-hydrogen) atoms. The zero-order chi connectivity index (χ0) is 17.1. The van der Waals surface area contributed by atoms with Crippen LogP contribution in [-0.4, -0.2) is 27.0 Å². The first-order valence-electron chi connectivity index (χ1n) is 7.98. The second kappa shape index (κ2) is 6.74. The summed E-state index contributed by atoms with van der Waals surface area (Å²) in [7, 11) is 0. The summed E-state index contributed by atoms with van der Waals surface area (Å²) in [4.78, 5) is 25.8. The van der Waals surface area contributed by atoms with Crippen LogP contribution in [0.2, 0.25) is 0 Å². The fourth-order valence-electron chi connectivity index (χ4n) is 2.53. The van der Waals surface area contributed by atoms with Crippen LogP contribution in [0.4, 0.5) is 10.6 Å². The highest BCUT2D eigenvalue weighted by atomic mass is 16.2. The Hall–Kier alpha value is -2.83. The second-order valence-electron chi connectivity index (χ2n) is 6.17. The molecule has 3 N–H and O–H groups in total. The maximum Gasteiger partial charge on any atom is 0.318 e. The Morgan fingerprint density at radius 1 is 1.25 bits per heavy atom. The number of amides is 3. The molecule has 1 aromatic carbocycles. The van der Waals surface area contributed by atoms with Crippen molar-refractivity contribution in [2.45, 2.75) is 33.5 Å². The number of nitrogens with zero attached hydrogens (tertiary/aromatic N) is 2. The van der Waals surface area contributed by atoms with Gasteiger partial charge in [0.05, 0.1) is 18.8 Å². The Labute approximate surface area is 140 Å². The van der Waals surface area contributed by atoms with Gasteiger partial charge in [-0.1, -0.05) is 44.2 Å². The molecule has 3 rings (SSSR count). The fraction of sp³-hybridized carbons (Fsp3) is 0.353. The van der Waals surface area contributed by atoms with Gasteiger partial charge >= 0.3 is 6.03 Å². The third-order valence-electron chi connectivity index (χ3n) is 3.99. The Morgan fingerprint density at radius 3 is 2.71 bits per heavy atom. The van der Waals surface area contributed by atoms with Crippen LogP contribution in [0.15, 0.2) is 30.3 Å². The Morgan fingerprint density at radius 2 is 2.00 bits per heavy atom. The molecule has 0 aliphatic carbocycles. The van der Waals surface area contributed by atoms with Crippen molar-refractivity contribution in [1.82, 2.24) is 20.4 Å². The van der Waals surface area contributed by atoms with Crippen molar-refractivity contribution in [3.63, 3.8) is 0 Å².